The number of amides is 2. The summed E-state index contributed by atoms with van der Waals surface area (Å²) >= 11 is 0. The van der Waals surface area contributed by atoms with Gasteiger partial charge in [0.2, 0.25) is 0 Å². The molecular formula is C18H24N4O2. The van der Waals surface area contributed by atoms with Gasteiger partial charge in [-0.3, -0.25) is 5.32 Å². The SMILES string of the molecule is CC(C)Cn1nccc1NC(=O)NC1(CO)Cc2ccccc2C1. The maximum absolute atomic E-state index is 12.4. The number of nitrogens with zero attached hydrogens (tertiary/aromatic N) is 2. The van der Waals surface area contributed by atoms with Crippen LogP contribution in [-0.2, 0) is 19.4 Å². The second-order valence-corrected chi connectivity index (χ2v) is 6.93. The Morgan fingerprint density at radius 3 is 2.54 bits per heavy atom. The van der Waals surface area contributed by atoms with Crippen molar-refractivity contribution in [2.45, 2.75) is 38.8 Å². The zero-order valence-corrected chi connectivity index (χ0v) is 14.1. The molecule has 0 spiro atoms. The van der Waals surface area contributed by atoms with Crippen molar-refractivity contribution in [1.82, 2.24) is 15.1 Å². The molecule has 2 amide bonds. The van der Waals surface area contributed by atoms with Crippen LogP contribution in [0.15, 0.2) is 36.5 Å². The molecule has 6 heteroatoms. The lowest BCUT2D eigenvalue weighted by Gasteiger charge is -2.28. The van der Waals surface area contributed by atoms with E-state index in [1.807, 2.05) is 24.3 Å². The minimum atomic E-state index is -0.642. The monoisotopic (exact) mass is 328 g/mol. The number of fused-ring (bicyclic) bond motifs is 1. The normalized spacial score (nSPS) is 15.3. The van der Waals surface area contributed by atoms with Crippen molar-refractivity contribution < 1.29 is 9.90 Å². The Bertz CT molecular complexity index is 698. The molecular weight excluding hydrogens is 304 g/mol. The number of rotatable bonds is 5. The summed E-state index contributed by atoms with van der Waals surface area (Å²) in [6, 6.07) is 9.51. The number of aliphatic hydroxyl groups excluding tert-OH is 1. The largest absolute Gasteiger partial charge is 0.394 e. The van der Waals surface area contributed by atoms with Gasteiger partial charge in [-0.1, -0.05) is 38.1 Å². The third-order valence-electron chi connectivity index (χ3n) is 4.35. The topological polar surface area (TPSA) is 79.2 Å². The summed E-state index contributed by atoms with van der Waals surface area (Å²) in [5, 5.41) is 19.9. The number of urea groups is 1. The van der Waals surface area contributed by atoms with Crippen molar-refractivity contribution in [3.8, 4) is 0 Å². The minimum absolute atomic E-state index is 0.0969. The first-order valence-corrected chi connectivity index (χ1v) is 8.30. The number of anilines is 1. The van der Waals surface area contributed by atoms with Gasteiger partial charge in [0.15, 0.2) is 0 Å². The van der Waals surface area contributed by atoms with Crippen LogP contribution in [0.25, 0.3) is 0 Å². The molecule has 0 saturated heterocycles. The number of carbonyl (C=O) groups is 1. The third-order valence-corrected chi connectivity index (χ3v) is 4.35. The highest BCUT2D eigenvalue weighted by atomic mass is 16.3. The number of hydrogen-bond acceptors (Lipinski definition) is 3. The molecule has 2 aromatic rings. The van der Waals surface area contributed by atoms with Gasteiger partial charge in [-0.15, -0.1) is 0 Å². The second-order valence-electron chi connectivity index (χ2n) is 6.93. The quantitative estimate of drug-likeness (QED) is 0.787. The van der Waals surface area contributed by atoms with Crippen molar-refractivity contribution in [3.63, 3.8) is 0 Å². The molecule has 0 bridgehead atoms. The molecule has 6 nitrogen and oxygen atoms in total. The van der Waals surface area contributed by atoms with Gasteiger partial charge in [0.05, 0.1) is 18.3 Å². The Morgan fingerprint density at radius 1 is 1.29 bits per heavy atom. The van der Waals surface area contributed by atoms with Gasteiger partial charge < -0.3 is 10.4 Å². The van der Waals surface area contributed by atoms with Crippen LogP contribution in [0.2, 0.25) is 0 Å². The standard InChI is InChI=1S/C18H24N4O2/c1-13(2)11-22-16(7-8-19-22)20-17(24)21-18(12-23)9-14-5-3-4-6-15(14)10-18/h3-8,13,23H,9-12H2,1-2H3,(H2,20,21,24). The van der Waals surface area contributed by atoms with E-state index in [1.54, 1.807) is 16.9 Å². The number of benzene rings is 1. The number of carbonyl (C=O) groups excluding carboxylic acids is 1. The van der Waals surface area contributed by atoms with E-state index in [1.165, 1.54) is 11.1 Å². The van der Waals surface area contributed by atoms with Gasteiger partial charge in [0, 0.05) is 12.6 Å². The van der Waals surface area contributed by atoms with Crippen LogP contribution in [0.5, 0.6) is 0 Å². The van der Waals surface area contributed by atoms with E-state index in [-0.39, 0.29) is 12.6 Å². The molecule has 1 aromatic carbocycles. The molecule has 0 unspecified atom stereocenters. The highest BCUT2D eigenvalue weighted by Crippen LogP contribution is 2.29. The molecule has 0 aliphatic heterocycles. The van der Waals surface area contributed by atoms with Crippen molar-refractivity contribution >= 4 is 11.8 Å². The summed E-state index contributed by atoms with van der Waals surface area (Å²) in [7, 11) is 0. The van der Waals surface area contributed by atoms with E-state index < -0.39 is 5.54 Å². The summed E-state index contributed by atoms with van der Waals surface area (Å²) in [5.41, 5.74) is 1.71. The van der Waals surface area contributed by atoms with Gasteiger partial charge >= 0.3 is 6.03 Å². The zero-order valence-electron chi connectivity index (χ0n) is 14.1. The van der Waals surface area contributed by atoms with Crippen LogP contribution in [0.4, 0.5) is 10.6 Å². The van der Waals surface area contributed by atoms with Crippen molar-refractivity contribution in [2.75, 3.05) is 11.9 Å². The summed E-state index contributed by atoms with van der Waals surface area (Å²) < 4.78 is 1.78. The van der Waals surface area contributed by atoms with Crippen LogP contribution >= 0.6 is 0 Å². The van der Waals surface area contributed by atoms with E-state index in [2.05, 4.69) is 29.6 Å². The van der Waals surface area contributed by atoms with Crippen molar-refractivity contribution in [3.05, 3.63) is 47.7 Å². The first kappa shape index (κ1) is 16.5. The lowest BCUT2D eigenvalue weighted by Crippen LogP contribution is -2.53. The first-order valence-electron chi connectivity index (χ1n) is 8.30. The predicted octanol–water partition coefficient (Wildman–Crippen LogP) is 2.19. The van der Waals surface area contributed by atoms with Gasteiger partial charge in [-0.2, -0.15) is 5.10 Å². The number of nitrogens with one attached hydrogen (secondary N) is 2. The first-order chi connectivity index (χ1) is 11.5. The average molecular weight is 328 g/mol. The van der Waals surface area contributed by atoms with Crippen LogP contribution in [0, 0.1) is 5.92 Å². The molecule has 1 aliphatic rings. The molecule has 24 heavy (non-hydrogen) atoms. The molecule has 3 rings (SSSR count). The highest BCUT2D eigenvalue weighted by molar-refractivity contribution is 5.89. The van der Waals surface area contributed by atoms with E-state index in [9.17, 15) is 9.90 Å². The number of aromatic nitrogens is 2. The van der Waals surface area contributed by atoms with Crippen LogP contribution < -0.4 is 10.6 Å². The molecule has 0 saturated carbocycles. The lowest BCUT2D eigenvalue weighted by atomic mass is 9.97. The fourth-order valence-corrected chi connectivity index (χ4v) is 3.25. The Labute approximate surface area is 141 Å². The Balaban J connectivity index is 1.68. The number of aliphatic hydroxyl groups is 1. The fourth-order valence-electron chi connectivity index (χ4n) is 3.25. The second kappa shape index (κ2) is 6.65. The zero-order chi connectivity index (χ0) is 17.2. The van der Waals surface area contributed by atoms with E-state index in [0.29, 0.717) is 24.6 Å². The van der Waals surface area contributed by atoms with E-state index in [4.69, 9.17) is 0 Å². The van der Waals surface area contributed by atoms with Crippen molar-refractivity contribution in [1.29, 1.82) is 0 Å². The molecule has 0 fully saturated rings. The fraction of sp³-hybridized carbons (Fsp3) is 0.444. The molecule has 1 aliphatic carbocycles. The Hall–Kier alpha value is -2.34. The molecule has 3 N–H and O–H groups in total. The van der Waals surface area contributed by atoms with Gasteiger partial charge in [-0.05, 0) is 29.9 Å². The van der Waals surface area contributed by atoms with Crippen LogP contribution in [0.1, 0.15) is 25.0 Å². The smallest absolute Gasteiger partial charge is 0.320 e. The van der Waals surface area contributed by atoms with Crippen molar-refractivity contribution in [2.24, 2.45) is 5.92 Å². The summed E-state index contributed by atoms with van der Waals surface area (Å²) in [6.07, 6.45) is 2.95. The highest BCUT2D eigenvalue weighted by Gasteiger charge is 2.38. The maximum Gasteiger partial charge on any atom is 0.320 e. The summed E-state index contributed by atoms with van der Waals surface area (Å²) in [6.45, 7) is 4.84. The average Bonchev–Trinajstić information content (AvgIpc) is 3.11. The lowest BCUT2D eigenvalue weighted by molar-refractivity contribution is 0.169. The molecule has 1 aromatic heterocycles. The van der Waals surface area contributed by atoms with Gasteiger partial charge in [0.1, 0.15) is 5.82 Å². The molecule has 128 valence electrons. The summed E-state index contributed by atoms with van der Waals surface area (Å²) in [4.78, 5) is 12.4. The summed E-state index contributed by atoms with van der Waals surface area (Å²) in [5.74, 6) is 1.09. The van der Waals surface area contributed by atoms with Gasteiger partial charge in [-0.25, -0.2) is 9.48 Å². The Kier molecular flexibility index (Phi) is 4.57. The van der Waals surface area contributed by atoms with E-state index in [0.717, 1.165) is 6.54 Å². The third kappa shape index (κ3) is 3.43. The Morgan fingerprint density at radius 2 is 1.96 bits per heavy atom. The van der Waals surface area contributed by atoms with E-state index >= 15 is 0 Å². The molecule has 0 atom stereocenters. The molecule has 0 radical (unpaired) electrons. The number of hydrogen-bond donors (Lipinski definition) is 3. The van der Waals surface area contributed by atoms with Crippen LogP contribution in [0.3, 0.4) is 0 Å². The maximum atomic E-state index is 12.4. The predicted molar refractivity (Wildman–Crippen MR) is 92.9 cm³/mol. The van der Waals surface area contributed by atoms with Crippen LogP contribution in [-0.4, -0.2) is 33.1 Å². The van der Waals surface area contributed by atoms with Gasteiger partial charge in [0.25, 0.3) is 0 Å². The molecule has 1 heterocycles. The minimum Gasteiger partial charge on any atom is -0.394 e.